The first-order chi connectivity index (χ1) is 7.32. The molecule has 0 saturated carbocycles. The highest BCUT2D eigenvalue weighted by Crippen LogP contribution is 2.31. The Hall–Kier alpha value is -0.660. The number of nitrogens with one attached hydrogen (secondary N) is 1. The molecule has 0 aromatic heterocycles. The van der Waals surface area contributed by atoms with E-state index in [0.717, 1.165) is 0 Å². The van der Waals surface area contributed by atoms with Crippen molar-refractivity contribution in [3.05, 3.63) is 0 Å². The normalized spacial score (nSPS) is 21.9. The molecule has 0 aromatic rings. The molecule has 0 amide bonds. The lowest BCUT2D eigenvalue weighted by Crippen LogP contribution is -2.48. The summed E-state index contributed by atoms with van der Waals surface area (Å²) in [6.07, 6.45) is 0.708. The molecule has 1 saturated heterocycles. The van der Waals surface area contributed by atoms with Crippen molar-refractivity contribution in [1.82, 2.24) is 9.03 Å². The van der Waals surface area contributed by atoms with Gasteiger partial charge >= 0.3 is 5.97 Å². The van der Waals surface area contributed by atoms with Gasteiger partial charge < -0.3 is 5.11 Å². The number of carboxylic acid groups (broad SMARTS) is 1. The largest absolute Gasteiger partial charge is 0.481 e. The Morgan fingerprint density at radius 1 is 1.44 bits per heavy atom. The standard InChI is InChI=1S/C9H18N2O4S/c1-3-10-16(14,15)11-6-4-9(2,5-7-11)8(12)13/h10H,3-7H2,1-2H3,(H,12,13). The summed E-state index contributed by atoms with van der Waals surface area (Å²) in [5.74, 6) is -0.854. The summed E-state index contributed by atoms with van der Waals surface area (Å²) < 4.78 is 27.0. The molecule has 0 radical (unpaired) electrons. The summed E-state index contributed by atoms with van der Waals surface area (Å²) in [5.41, 5.74) is -0.793. The number of carboxylic acids is 1. The number of hydrogen-bond donors (Lipinski definition) is 2. The zero-order valence-corrected chi connectivity index (χ0v) is 10.4. The average Bonchev–Trinajstić information content (AvgIpc) is 2.18. The fourth-order valence-electron chi connectivity index (χ4n) is 1.71. The highest BCUT2D eigenvalue weighted by molar-refractivity contribution is 7.87. The fraction of sp³-hybridized carbons (Fsp3) is 0.889. The van der Waals surface area contributed by atoms with Crippen molar-refractivity contribution in [3.63, 3.8) is 0 Å². The Labute approximate surface area is 95.8 Å². The van der Waals surface area contributed by atoms with Crippen LogP contribution in [0.3, 0.4) is 0 Å². The van der Waals surface area contributed by atoms with Gasteiger partial charge in [-0.25, -0.2) is 4.72 Å². The molecule has 6 nitrogen and oxygen atoms in total. The minimum atomic E-state index is -3.42. The number of nitrogens with zero attached hydrogens (tertiary/aromatic N) is 1. The maximum atomic E-state index is 11.6. The van der Waals surface area contributed by atoms with Gasteiger partial charge in [0.1, 0.15) is 0 Å². The van der Waals surface area contributed by atoms with E-state index >= 15 is 0 Å². The van der Waals surface area contributed by atoms with Gasteiger partial charge in [-0.05, 0) is 19.8 Å². The van der Waals surface area contributed by atoms with Crippen LogP contribution in [0.2, 0.25) is 0 Å². The van der Waals surface area contributed by atoms with Gasteiger partial charge in [-0.2, -0.15) is 12.7 Å². The van der Waals surface area contributed by atoms with Crippen molar-refractivity contribution in [2.75, 3.05) is 19.6 Å². The minimum absolute atomic E-state index is 0.262. The van der Waals surface area contributed by atoms with Crippen LogP contribution >= 0.6 is 0 Å². The summed E-state index contributed by atoms with van der Waals surface area (Å²) in [4.78, 5) is 11.0. The predicted octanol–water partition coefficient (Wildman–Crippen LogP) is 0.0274. The van der Waals surface area contributed by atoms with Crippen LogP contribution < -0.4 is 4.72 Å². The predicted molar refractivity (Wildman–Crippen MR) is 59.1 cm³/mol. The molecule has 1 aliphatic rings. The Balaban J connectivity index is 2.66. The molecule has 1 rings (SSSR count). The van der Waals surface area contributed by atoms with Crippen molar-refractivity contribution in [2.45, 2.75) is 26.7 Å². The van der Waals surface area contributed by atoms with Gasteiger partial charge in [-0.15, -0.1) is 0 Å². The third-order valence-corrected chi connectivity index (χ3v) is 4.71. The first-order valence-electron chi connectivity index (χ1n) is 5.30. The molecule has 1 heterocycles. The lowest BCUT2D eigenvalue weighted by Gasteiger charge is -2.35. The molecule has 0 unspecified atom stereocenters. The van der Waals surface area contributed by atoms with Gasteiger partial charge in [-0.3, -0.25) is 4.79 Å². The third-order valence-electron chi connectivity index (χ3n) is 3.01. The zero-order valence-electron chi connectivity index (χ0n) is 9.56. The SMILES string of the molecule is CCNS(=O)(=O)N1CCC(C)(C(=O)O)CC1. The lowest BCUT2D eigenvalue weighted by atomic mass is 9.81. The van der Waals surface area contributed by atoms with Crippen LogP contribution in [0.25, 0.3) is 0 Å². The number of carbonyl (C=O) groups is 1. The van der Waals surface area contributed by atoms with Crippen molar-refractivity contribution < 1.29 is 18.3 Å². The molecule has 0 spiro atoms. The van der Waals surface area contributed by atoms with Crippen LogP contribution in [0.1, 0.15) is 26.7 Å². The van der Waals surface area contributed by atoms with Gasteiger partial charge in [-0.1, -0.05) is 6.92 Å². The van der Waals surface area contributed by atoms with Gasteiger partial charge in [0.2, 0.25) is 0 Å². The molecule has 1 fully saturated rings. The molecule has 0 aromatic carbocycles. The molecule has 94 valence electrons. The molecule has 0 bridgehead atoms. The van der Waals surface area contributed by atoms with Crippen LogP contribution in [0, 0.1) is 5.41 Å². The van der Waals surface area contributed by atoms with Crippen LogP contribution in [0.4, 0.5) is 0 Å². The summed E-state index contributed by atoms with van der Waals surface area (Å²) in [6, 6.07) is 0. The minimum Gasteiger partial charge on any atom is -0.481 e. The van der Waals surface area contributed by atoms with E-state index in [4.69, 9.17) is 5.11 Å². The highest BCUT2D eigenvalue weighted by Gasteiger charge is 2.39. The van der Waals surface area contributed by atoms with E-state index < -0.39 is 21.6 Å². The maximum Gasteiger partial charge on any atom is 0.309 e. The van der Waals surface area contributed by atoms with Gasteiger partial charge in [0, 0.05) is 19.6 Å². The van der Waals surface area contributed by atoms with Gasteiger partial charge in [0.05, 0.1) is 5.41 Å². The zero-order chi connectivity index (χ0) is 12.4. The van der Waals surface area contributed by atoms with Crippen LogP contribution in [0.15, 0.2) is 0 Å². The Bertz CT molecular complexity index is 358. The van der Waals surface area contributed by atoms with Gasteiger partial charge in [0.25, 0.3) is 10.2 Å². The van der Waals surface area contributed by atoms with E-state index in [1.165, 1.54) is 4.31 Å². The number of rotatable bonds is 4. The third kappa shape index (κ3) is 2.72. The molecule has 1 aliphatic heterocycles. The molecule has 7 heteroatoms. The molecule has 2 N–H and O–H groups in total. The Kier molecular flexibility index (Phi) is 3.92. The second-order valence-corrected chi connectivity index (χ2v) is 6.02. The van der Waals surface area contributed by atoms with E-state index in [1.54, 1.807) is 13.8 Å². The quantitative estimate of drug-likeness (QED) is 0.737. The summed E-state index contributed by atoms with van der Waals surface area (Å²) >= 11 is 0. The van der Waals surface area contributed by atoms with Gasteiger partial charge in [0.15, 0.2) is 0 Å². The lowest BCUT2D eigenvalue weighted by molar-refractivity contribution is -0.150. The second kappa shape index (κ2) is 4.68. The maximum absolute atomic E-state index is 11.6. The Morgan fingerprint density at radius 3 is 2.31 bits per heavy atom. The Morgan fingerprint density at radius 2 is 1.94 bits per heavy atom. The molecular weight excluding hydrogens is 232 g/mol. The van der Waals surface area contributed by atoms with Crippen molar-refractivity contribution in [1.29, 1.82) is 0 Å². The topological polar surface area (TPSA) is 86.7 Å². The van der Waals surface area contributed by atoms with Crippen molar-refractivity contribution in [3.8, 4) is 0 Å². The van der Waals surface area contributed by atoms with Crippen LogP contribution in [0.5, 0.6) is 0 Å². The van der Waals surface area contributed by atoms with E-state index in [0.29, 0.717) is 19.4 Å². The molecule has 0 aliphatic carbocycles. The molecule has 0 atom stereocenters. The number of aliphatic carboxylic acids is 1. The first-order valence-corrected chi connectivity index (χ1v) is 6.74. The van der Waals surface area contributed by atoms with Crippen molar-refractivity contribution >= 4 is 16.2 Å². The van der Waals surface area contributed by atoms with E-state index in [-0.39, 0.29) is 13.1 Å². The smallest absolute Gasteiger partial charge is 0.309 e. The number of hydrogen-bond acceptors (Lipinski definition) is 3. The summed E-state index contributed by atoms with van der Waals surface area (Å²) in [5, 5.41) is 9.01. The average molecular weight is 250 g/mol. The summed E-state index contributed by atoms with van der Waals surface area (Å²) in [7, 11) is -3.42. The monoisotopic (exact) mass is 250 g/mol. The second-order valence-electron chi connectivity index (χ2n) is 4.27. The van der Waals surface area contributed by atoms with Crippen LogP contribution in [-0.2, 0) is 15.0 Å². The highest BCUT2D eigenvalue weighted by atomic mass is 32.2. The van der Waals surface area contributed by atoms with Crippen molar-refractivity contribution in [2.24, 2.45) is 5.41 Å². The molecular formula is C9H18N2O4S. The van der Waals surface area contributed by atoms with E-state index in [9.17, 15) is 13.2 Å². The number of piperidine rings is 1. The molecule has 16 heavy (non-hydrogen) atoms. The first kappa shape index (κ1) is 13.4. The fourth-order valence-corrected chi connectivity index (χ4v) is 2.92. The van der Waals surface area contributed by atoms with E-state index in [1.807, 2.05) is 0 Å². The summed E-state index contributed by atoms with van der Waals surface area (Å²) in [6.45, 7) is 4.24. The van der Waals surface area contributed by atoms with Crippen LogP contribution in [-0.4, -0.2) is 43.4 Å². The van der Waals surface area contributed by atoms with E-state index in [2.05, 4.69) is 4.72 Å².